The van der Waals surface area contributed by atoms with Crippen LogP contribution in [0.15, 0.2) is 0 Å². The highest BCUT2D eigenvalue weighted by Gasteiger charge is 2.39. The maximum Gasteiger partial charge on any atom is 0.235 e. The van der Waals surface area contributed by atoms with Crippen LogP contribution in [0.2, 0.25) is 0 Å². The van der Waals surface area contributed by atoms with Gasteiger partial charge in [-0.15, -0.1) is 0 Å². The molecule has 1 heterocycles. The van der Waals surface area contributed by atoms with Gasteiger partial charge < -0.3 is 5.73 Å². The van der Waals surface area contributed by atoms with Crippen molar-refractivity contribution >= 4 is 11.8 Å². The van der Waals surface area contributed by atoms with Gasteiger partial charge in [-0.1, -0.05) is 13.8 Å². The van der Waals surface area contributed by atoms with Crippen LogP contribution in [0.1, 0.15) is 26.7 Å². The van der Waals surface area contributed by atoms with Crippen LogP contribution < -0.4 is 5.73 Å². The van der Waals surface area contributed by atoms with Gasteiger partial charge in [0.15, 0.2) is 0 Å². The van der Waals surface area contributed by atoms with Crippen LogP contribution in [0.3, 0.4) is 0 Å². The molecule has 1 fully saturated rings. The SMILES string of the molecule is CC1(C)CCC(=O)N(CN)C1=O. The fraction of sp³-hybridized carbons (Fsp3) is 0.750. The molecule has 0 unspecified atom stereocenters. The summed E-state index contributed by atoms with van der Waals surface area (Å²) in [4.78, 5) is 23.8. The number of piperidine rings is 1. The van der Waals surface area contributed by atoms with Crippen molar-refractivity contribution in [3.8, 4) is 0 Å². The summed E-state index contributed by atoms with van der Waals surface area (Å²) in [5.74, 6) is -0.303. The Bertz CT molecular complexity index is 223. The molecule has 0 aromatic heterocycles. The molecule has 0 radical (unpaired) electrons. The first-order valence-corrected chi connectivity index (χ1v) is 4.04. The Balaban J connectivity index is 2.85. The lowest BCUT2D eigenvalue weighted by Gasteiger charge is -2.34. The number of carbonyl (C=O) groups is 2. The summed E-state index contributed by atoms with van der Waals surface area (Å²) in [6.45, 7) is 3.68. The molecule has 4 heteroatoms. The van der Waals surface area contributed by atoms with Gasteiger partial charge in [0.1, 0.15) is 0 Å². The standard InChI is InChI=1S/C8H14N2O2/c1-8(2)4-3-6(11)10(5-9)7(8)12/h3-5,9H2,1-2H3. The Kier molecular flexibility index (Phi) is 2.19. The number of nitrogens with two attached hydrogens (primary N) is 1. The molecule has 0 spiro atoms. The first kappa shape index (κ1) is 9.19. The van der Waals surface area contributed by atoms with Crippen LogP contribution in [0, 0.1) is 5.41 Å². The third-order valence-corrected chi connectivity index (χ3v) is 2.27. The molecular weight excluding hydrogens is 156 g/mol. The highest BCUT2D eigenvalue weighted by molar-refractivity contribution is 6.00. The minimum absolute atomic E-state index is 0.00109. The van der Waals surface area contributed by atoms with Crippen LogP contribution in [0.25, 0.3) is 0 Å². The molecule has 4 nitrogen and oxygen atoms in total. The zero-order valence-corrected chi connectivity index (χ0v) is 7.46. The molecule has 12 heavy (non-hydrogen) atoms. The van der Waals surface area contributed by atoms with E-state index in [4.69, 9.17) is 5.73 Å². The van der Waals surface area contributed by atoms with E-state index in [1.54, 1.807) is 0 Å². The number of likely N-dealkylation sites (tertiary alicyclic amines) is 1. The van der Waals surface area contributed by atoms with E-state index in [0.29, 0.717) is 12.8 Å². The van der Waals surface area contributed by atoms with Crippen LogP contribution in [0.5, 0.6) is 0 Å². The van der Waals surface area contributed by atoms with Gasteiger partial charge in [-0.2, -0.15) is 0 Å². The maximum atomic E-state index is 11.5. The Morgan fingerprint density at radius 3 is 2.50 bits per heavy atom. The Morgan fingerprint density at radius 1 is 1.50 bits per heavy atom. The van der Waals surface area contributed by atoms with Crippen molar-refractivity contribution in [3.63, 3.8) is 0 Å². The van der Waals surface area contributed by atoms with Gasteiger partial charge in [0.25, 0.3) is 0 Å². The fourth-order valence-electron chi connectivity index (χ4n) is 1.32. The number of nitrogens with zero attached hydrogens (tertiary/aromatic N) is 1. The van der Waals surface area contributed by atoms with E-state index in [1.165, 1.54) is 0 Å². The maximum absolute atomic E-state index is 11.5. The van der Waals surface area contributed by atoms with Gasteiger partial charge in [-0.25, -0.2) is 0 Å². The summed E-state index contributed by atoms with van der Waals surface area (Å²) in [6.07, 6.45) is 1.05. The summed E-state index contributed by atoms with van der Waals surface area (Å²) in [6, 6.07) is 0. The van der Waals surface area contributed by atoms with E-state index in [0.717, 1.165) is 4.90 Å². The predicted molar refractivity (Wildman–Crippen MR) is 43.9 cm³/mol. The average Bonchev–Trinajstić information content (AvgIpc) is 2.00. The number of rotatable bonds is 1. The van der Waals surface area contributed by atoms with E-state index in [1.807, 2.05) is 13.8 Å². The second-order valence-corrected chi connectivity index (χ2v) is 3.69. The first-order valence-electron chi connectivity index (χ1n) is 4.04. The minimum atomic E-state index is -0.423. The van der Waals surface area contributed by atoms with E-state index in [-0.39, 0.29) is 18.5 Å². The lowest BCUT2D eigenvalue weighted by Crippen LogP contribution is -2.51. The molecule has 1 rings (SSSR count). The summed E-state index contributed by atoms with van der Waals surface area (Å²) in [5.41, 5.74) is 4.87. The van der Waals surface area contributed by atoms with E-state index >= 15 is 0 Å². The predicted octanol–water partition coefficient (Wildman–Crippen LogP) is 0.0778. The minimum Gasteiger partial charge on any atom is -0.313 e. The van der Waals surface area contributed by atoms with Gasteiger partial charge in [0, 0.05) is 11.8 Å². The summed E-state index contributed by atoms with van der Waals surface area (Å²) >= 11 is 0. The molecular formula is C8H14N2O2. The Labute approximate surface area is 71.7 Å². The van der Waals surface area contributed by atoms with Crippen LogP contribution >= 0.6 is 0 Å². The second-order valence-electron chi connectivity index (χ2n) is 3.69. The number of carbonyl (C=O) groups excluding carboxylic acids is 2. The number of amides is 2. The largest absolute Gasteiger partial charge is 0.313 e. The molecule has 0 aliphatic carbocycles. The fourth-order valence-corrected chi connectivity index (χ4v) is 1.32. The van der Waals surface area contributed by atoms with Crippen molar-refractivity contribution < 1.29 is 9.59 Å². The number of hydrogen-bond acceptors (Lipinski definition) is 3. The van der Waals surface area contributed by atoms with Gasteiger partial charge in [0.05, 0.1) is 6.67 Å². The lowest BCUT2D eigenvalue weighted by molar-refractivity contribution is -0.155. The molecule has 0 atom stereocenters. The third-order valence-electron chi connectivity index (χ3n) is 2.27. The zero-order valence-electron chi connectivity index (χ0n) is 7.46. The average molecular weight is 170 g/mol. The second kappa shape index (κ2) is 2.86. The van der Waals surface area contributed by atoms with Crippen LogP contribution in [-0.2, 0) is 9.59 Å². The van der Waals surface area contributed by atoms with Crippen molar-refractivity contribution in [3.05, 3.63) is 0 Å². The molecule has 0 aromatic rings. The van der Waals surface area contributed by atoms with Crippen LogP contribution in [-0.4, -0.2) is 23.4 Å². The van der Waals surface area contributed by atoms with Crippen LogP contribution in [0.4, 0.5) is 0 Å². The summed E-state index contributed by atoms with van der Waals surface area (Å²) in [5, 5.41) is 0. The topological polar surface area (TPSA) is 63.4 Å². The van der Waals surface area contributed by atoms with Crippen molar-refractivity contribution in [1.82, 2.24) is 4.90 Å². The van der Waals surface area contributed by atoms with Crippen molar-refractivity contribution in [1.29, 1.82) is 0 Å². The van der Waals surface area contributed by atoms with Crippen molar-refractivity contribution in [2.45, 2.75) is 26.7 Å². The third kappa shape index (κ3) is 1.34. The van der Waals surface area contributed by atoms with Gasteiger partial charge in [-0.3, -0.25) is 14.5 Å². The highest BCUT2D eigenvalue weighted by Crippen LogP contribution is 2.29. The van der Waals surface area contributed by atoms with E-state index in [9.17, 15) is 9.59 Å². The highest BCUT2D eigenvalue weighted by atomic mass is 16.2. The molecule has 1 saturated heterocycles. The monoisotopic (exact) mass is 170 g/mol. The molecule has 68 valence electrons. The summed E-state index contributed by atoms with van der Waals surface area (Å²) in [7, 11) is 0. The van der Waals surface area contributed by atoms with Gasteiger partial charge >= 0.3 is 0 Å². The molecule has 2 N–H and O–H groups in total. The van der Waals surface area contributed by atoms with E-state index in [2.05, 4.69) is 0 Å². The van der Waals surface area contributed by atoms with Crippen molar-refractivity contribution in [2.75, 3.05) is 6.67 Å². The molecule has 1 aliphatic rings. The Hall–Kier alpha value is -0.900. The Morgan fingerprint density at radius 2 is 2.08 bits per heavy atom. The smallest absolute Gasteiger partial charge is 0.235 e. The molecule has 0 bridgehead atoms. The van der Waals surface area contributed by atoms with Crippen molar-refractivity contribution in [2.24, 2.45) is 11.1 Å². The van der Waals surface area contributed by atoms with E-state index < -0.39 is 5.41 Å². The van der Waals surface area contributed by atoms with Gasteiger partial charge in [0.2, 0.25) is 11.8 Å². The summed E-state index contributed by atoms with van der Waals surface area (Å²) < 4.78 is 0. The quantitative estimate of drug-likeness (QED) is 0.567. The molecule has 0 aromatic carbocycles. The molecule has 2 amide bonds. The molecule has 0 saturated carbocycles. The molecule has 1 aliphatic heterocycles. The first-order chi connectivity index (χ1) is 5.49. The normalized spacial score (nSPS) is 23.1. The lowest BCUT2D eigenvalue weighted by atomic mass is 9.83. The number of hydrogen-bond donors (Lipinski definition) is 1. The zero-order chi connectivity index (χ0) is 9.35. The van der Waals surface area contributed by atoms with Gasteiger partial charge in [-0.05, 0) is 6.42 Å². The number of imide groups is 1.